The van der Waals surface area contributed by atoms with E-state index in [0.717, 1.165) is 12.5 Å². The Morgan fingerprint density at radius 1 is 1.47 bits per heavy atom. The molecule has 5 nitrogen and oxygen atoms in total. The predicted octanol–water partition coefficient (Wildman–Crippen LogP) is 1.92. The lowest BCUT2D eigenvalue weighted by atomic mass is 9.82. The second kappa shape index (κ2) is 6.52. The molecule has 0 radical (unpaired) electrons. The number of carbonyl (C=O) groups is 1. The summed E-state index contributed by atoms with van der Waals surface area (Å²) in [7, 11) is 0. The Morgan fingerprint density at radius 2 is 2.32 bits per heavy atom. The molecule has 0 bridgehead atoms. The van der Waals surface area contributed by atoms with E-state index in [1.165, 1.54) is 25.7 Å². The molecule has 1 aliphatic rings. The first-order chi connectivity index (χ1) is 9.19. The highest BCUT2D eigenvalue weighted by molar-refractivity contribution is 5.92. The van der Waals surface area contributed by atoms with Crippen LogP contribution in [0.4, 0.5) is 5.82 Å². The fourth-order valence-corrected chi connectivity index (χ4v) is 2.71. The Kier molecular flexibility index (Phi) is 4.74. The molecule has 1 aromatic rings. The van der Waals surface area contributed by atoms with Crippen LogP contribution in [0.3, 0.4) is 0 Å². The van der Waals surface area contributed by atoms with Gasteiger partial charge in [-0.3, -0.25) is 4.79 Å². The summed E-state index contributed by atoms with van der Waals surface area (Å²) in [6.45, 7) is 3.02. The highest BCUT2D eigenvalue weighted by atomic mass is 16.1. The minimum atomic E-state index is -0.129. The van der Waals surface area contributed by atoms with E-state index in [1.54, 1.807) is 18.2 Å². The molecule has 5 heteroatoms. The topological polar surface area (TPSA) is 80.0 Å². The number of aromatic nitrogens is 1. The highest BCUT2D eigenvalue weighted by Gasteiger charge is 2.19. The zero-order chi connectivity index (χ0) is 13.7. The Morgan fingerprint density at radius 3 is 3.05 bits per heavy atom. The molecule has 1 aliphatic carbocycles. The fraction of sp³-hybridized carbons (Fsp3) is 0.571. The van der Waals surface area contributed by atoms with Crippen molar-refractivity contribution in [1.82, 2.24) is 10.3 Å². The maximum absolute atomic E-state index is 12.0. The molecule has 104 valence electrons. The number of amides is 1. The van der Waals surface area contributed by atoms with Gasteiger partial charge in [0.1, 0.15) is 11.5 Å². The van der Waals surface area contributed by atoms with E-state index < -0.39 is 0 Å². The number of anilines is 1. The average Bonchev–Trinajstić information content (AvgIpc) is 2.45. The largest absolute Gasteiger partial charge is 0.350 e. The number of hydrazine groups is 1. The lowest BCUT2D eigenvalue weighted by Crippen LogP contribution is -2.32. The fourth-order valence-electron chi connectivity index (χ4n) is 2.71. The smallest absolute Gasteiger partial charge is 0.269 e. The van der Waals surface area contributed by atoms with Gasteiger partial charge in [-0.1, -0.05) is 25.8 Å². The quantitative estimate of drug-likeness (QED) is 0.572. The van der Waals surface area contributed by atoms with Crippen molar-refractivity contribution in [2.75, 3.05) is 12.0 Å². The van der Waals surface area contributed by atoms with Gasteiger partial charge < -0.3 is 10.7 Å². The second-order valence-electron chi connectivity index (χ2n) is 5.40. The number of nitrogens with zero attached hydrogens (tertiary/aromatic N) is 1. The highest BCUT2D eigenvalue weighted by Crippen LogP contribution is 2.27. The summed E-state index contributed by atoms with van der Waals surface area (Å²) in [5, 5.41) is 2.97. The number of nitrogen functional groups attached to an aromatic ring is 1. The number of rotatable bonds is 4. The maximum atomic E-state index is 12.0. The van der Waals surface area contributed by atoms with Gasteiger partial charge in [-0.05, 0) is 36.8 Å². The molecule has 1 aromatic heterocycles. The van der Waals surface area contributed by atoms with E-state index in [9.17, 15) is 4.79 Å². The Balaban J connectivity index is 1.86. The van der Waals surface area contributed by atoms with Crippen LogP contribution in [0.15, 0.2) is 18.2 Å². The van der Waals surface area contributed by atoms with Crippen LogP contribution < -0.4 is 16.6 Å². The molecule has 1 heterocycles. The monoisotopic (exact) mass is 262 g/mol. The summed E-state index contributed by atoms with van der Waals surface area (Å²) >= 11 is 0. The van der Waals surface area contributed by atoms with Crippen molar-refractivity contribution >= 4 is 11.7 Å². The lowest BCUT2D eigenvalue weighted by Gasteiger charge is -2.26. The Bertz CT molecular complexity index is 435. The van der Waals surface area contributed by atoms with Crippen molar-refractivity contribution in [2.24, 2.45) is 17.7 Å². The average molecular weight is 262 g/mol. The molecule has 0 spiro atoms. The van der Waals surface area contributed by atoms with E-state index in [2.05, 4.69) is 22.7 Å². The number of nitrogens with one attached hydrogen (secondary N) is 2. The summed E-state index contributed by atoms with van der Waals surface area (Å²) in [4.78, 5) is 16.1. The number of carbonyl (C=O) groups excluding carboxylic acids is 1. The second-order valence-corrected chi connectivity index (χ2v) is 5.40. The van der Waals surface area contributed by atoms with Gasteiger partial charge in [-0.25, -0.2) is 10.8 Å². The van der Waals surface area contributed by atoms with E-state index in [0.29, 0.717) is 17.4 Å². The standard InChI is InChI=1S/C14H22N4O/c1-10-4-2-5-11(8-10)9-16-14(19)12-6-3-7-13(17-12)18-15/h3,6-7,10-11H,2,4-5,8-9,15H2,1H3,(H,16,19)(H,17,18). The predicted molar refractivity (Wildman–Crippen MR) is 75.5 cm³/mol. The molecular formula is C14H22N4O. The van der Waals surface area contributed by atoms with E-state index in [4.69, 9.17) is 5.84 Å². The first kappa shape index (κ1) is 13.8. The van der Waals surface area contributed by atoms with Gasteiger partial charge in [0.15, 0.2) is 0 Å². The van der Waals surface area contributed by atoms with Gasteiger partial charge in [-0.15, -0.1) is 0 Å². The molecule has 2 unspecified atom stereocenters. The molecule has 0 aliphatic heterocycles. The lowest BCUT2D eigenvalue weighted by molar-refractivity contribution is 0.0936. The van der Waals surface area contributed by atoms with Crippen molar-refractivity contribution in [3.63, 3.8) is 0 Å². The third-order valence-electron chi connectivity index (χ3n) is 3.73. The normalized spacial score (nSPS) is 22.8. The number of hydrogen-bond donors (Lipinski definition) is 3. The van der Waals surface area contributed by atoms with Crippen molar-refractivity contribution in [3.05, 3.63) is 23.9 Å². The summed E-state index contributed by atoms with van der Waals surface area (Å²) < 4.78 is 0. The van der Waals surface area contributed by atoms with Crippen LogP contribution >= 0.6 is 0 Å². The van der Waals surface area contributed by atoms with Crippen LogP contribution in [0, 0.1) is 11.8 Å². The van der Waals surface area contributed by atoms with E-state index in [1.807, 2.05) is 0 Å². The van der Waals surface area contributed by atoms with E-state index in [-0.39, 0.29) is 5.91 Å². The summed E-state index contributed by atoms with van der Waals surface area (Å²) in [5.41, 5.74) is 2.84. The first-order valence-electron chi connectivity index (χ1n) is 6.91. The van der Waals surface area contributed by atoms with Gasteiger partial charge in [0, 0.05) is 6.54 Å². The SMILES string of the molecule is CC1CCCC(CNC(=O)c2cccc(NN)n2)C1. The van der Waals surface area contributed by atoms with Gasteiger partial charge in [0.25, 0.3) is 5.91 Å². The maximum Gasteiger partial charge on any atom is 0.269 e. The van der Waals surface area contributed by atoms with Crippen LogP contribution in [-0.2, 0) is 0 Å². The van der Waals surface area contributed by atoms with Crippen molar-refractivity contribution in [1.29, 1.82) is 0 Å². The van der Waals surface area contributed by atoms with Gasteiger partial charge in [0.05, 0.1) is 0 Å². The molecule has 2 rings (SSSR count). The van der Waals surface area contributed by atoms with Crippen molar-refractivity contribution < 1.29 is 4.79 Å². The molecule has 1 saturated carbocycles. The Labute approximate surface area is 114 Å². The van der Waals surface area contributed by atoms with Crippen LogP contribution in [-0.4, -0.2) is 17.4 Å². The third-order valence-corrected chi connectivity index (χ3v) is 3.73. The van der Waals surface area contributed by atoms with Crippen LogP contribution in [0.1, 0.15) is 43.1 Å². The molecule has 0 saturated heterocycles. The van der Waals surface area contributed by atoms with Crippen molar-refractivity contribution in [2.45, 2.75) is 32.6 Å². The molecule has 0 aromatic carbocycles. The summed E-state index contributed by atoms with van der Waals surface area (Å²) in [5.74, 6) is 7.03. The minimum Gasteiger partial charge on any atom is -0.350 e. The summed E-state index contributed by atoms with van der Waals surface area (Å²) in [6.07, 6.45) is 5.00. The molecule has 1 amide bonds. The molecular weight excluding hydrogens is 240 g/mol. The van der Waals surface area contributed by atoms with Crippen LogP contribution in [0.2, 0.25) is 0 Å². The molecule has 2 atom stereocenters. The number of nitrogens with two attached hydrogens (primary N) is 1. The van der Waals surface area contributed by atoms with Gasteiger partial charge in [-0.2, -0.15) is 0 Å². The van der Waals surface area contributed by atoms with Crippen LogP contribution in [0.25, 0.3) is 0 Å². The number of pyridine rings is 1. The summed E-state index contributed by atoms with van der Waals surface area (Å²) in [6, 6.07) is 5.18. The minimum absolute atomic E-state index is 0.129. The number of hydrogen-bond acceptors (Lipinski definition) is 4. The molecule has 4 N–H and O–H groups in total. The van der Waals surface area contributed by atoms with Gasteiger partial charge in [0.2, 0.25) is 0 Å². The van der Waals surface area contributed by atoms with E-state index >= 15 is 0 Å². The molecule has 1 fully saturated rings. The van der Waals surface area contributed by atoms with Crippen molar-refractivity contribution in [3.8, 4) is 0 Å². The van der Waals surface area contributed by atoms with Gasteiger partial charge >= 0.3 is 0 Å². The Hall–Kier alpha value is -1.62. The third kappa shape index (κ3) is 3.92. The first-order valence-corrected chi connectivity index (χ1v) is 6.91. The van der Waals surface area contributed by atoms with Crippen LogP contribution in [0.5, 0.6) is 0 Å². The molecule has 19 heavy (non-hydrogen) atoms. The zero-order valence-electron chi connectivity index (χ0n) is 11.4. The zero-order valence-corrected chi connectivity index (χ0v) is 11.4.